The first-order valence-corrected chi connectivity index (χ1v) is 12.4. The van der Waals surface area contributed by atoms with E-state index in [1.807, 2.05) is 30.3 Å². The van der Waals surface area contributed by atoms with Crippen LogP contribution in [0, 0.1) is 0 Å². The van der Waals surface area contributed by atoms with Gasteiger partial charge >= 0.3 is 0 Å². The maximum absolute atomic E-state index is 5.77. The van der Waals surface area contributed by atoms with E-state index in [-0.39, 0.29) is 0 Å². The summed E-state index contributed by atoms with van der Waals surface area (Å²) in [4.78, 5) is 4.78. The van der Waals surface area contributed by atoms with E-state index in [2.05, 4.69) is 58.3 Å². The van der Waals surface area contributed by atoms with Gasteiger partial charge < -0.3 is 9.30 Å². The number of unbranched alkanes of at least 4 members (excludes halogenated alkanes) is 1. The lowest BCUT2D eigenvalue weighted by molar-refractivity contribution is 0.309. The molecule has 160 valence electrons. The zero-order valence-corrected chi connectivity index (χ0v) is 19.5. The predicted octanol–water partition coefficient (Wildman–Crippen LogP) is 6.56. The van der Waals surface area contributed by atoms with E-state index in [9.17, 15) is 0 Å². The molecular formula is C24H26N4OS2. The third kappa shape index (κ3) is 5.35. The number of hydrogen-bond acceptors (Lipinski definition) is 6. The van der Waals surface area contributed by atoms with Gasteiger partial charge in [-0.3, -0.25) is 0 Å². The Bertz CT molecular complexity index is 1090. The predicted molar refractivity (Wildman–Crippen MR) is 129 cm³/mol. The molecule has 2 aromatic heterocycles. The second kappa shape index (κ2) is 10.6. The Morgan fingerprint density at radius 1 is 0.968 bits per heavy atom. The molecule has 0 unspecified atom stereocenters. The lowest BCUT2D eigenvalue weighted by Gasteiger charge is -2.08. The molecule has 0 N–H and O–H groups in total. The van der Waals surface area contributed by atoms with Gasteiger partial charge in [-0.1, -0.05) is 55.4 Å². The minimum absolute atomic E-state index is 0.754. The van der Waals surface area contributed by atoms with Crippen LogP contribution in [0.3, 0.4) is 0 Å². The van der Waals surface area contributed by atoms with E-state index < -0.39 is 0 Å². The summed E-state index contributed by atoms with van der Waals surface area (Å²) in [6.45, 7) is 5.85. The molecule has 4 rings (SSSR count). The second-order valence-corrected chi connectivity index (χ2v) is 8.88. The smallest absolute Gasteiger partial charge is 0.191 e. The van der Waals surface area contributed by atoms with Crippen molar-refractivity contribution in [1.82, 2.24) is 19.7 Å². The lowest BCUT2D eigenvalue weighted by Crippen LogP contribution is -2.00. The Morgan fingerprint density at radius 2 is 1.77 bits per heavy atom. The Labute approximate surface area is 191 Å². The Kier molecular flexibility index (Phi) is 7.38. The fraction of sp³-hybridized carbons (Fsp3) is 0.292. The molecule has 0 fully saturated rings. The summed E-state index contributed by atoms with van der Waals surface area (Å²) in [7, 11) is 0. The zero-order valence-electron chi connectivity index (χ0n) is 17.8. The number of thiazole rings is 1. The van der Waals surface area contributed by atoms with Gasteiger partial charge in [-0.15, -0.1) is 21.5 Å². The van der Waals surface area contributed by atoms with Gasteiger partial charge in [0.1, 0.15) is 10.8 Å². The van der Waals surface area contributed by atoms with Crippen LogP contribution in [0.2, 0.25) is 0 Å². The molecular weight excluding hydrogens is 424 g/mol. The number of thioether (sulfide) groups is 1. The molecule has 0 aliphatic carbocycles. The van der Waals surface area contributed by atoms with Crippen molar-refractivity contribution in [2.75, 3.05) is 6.61 Å². The molecule has 0 aliphatic rings. The van der Waals surface area contributed by atoms with Crippen LogP contribution in [-0.4, -0.2) is 26.4 Å². The Balaban J connectivity index is 1.43. The summed E-state index contributed by atoms with van der Waals surface area (Å²) in [5.74, 6) is 2.55. The van der Waals surface area contributed by atoms with Crippen LogP contribution in [0.15, 0.2) is 65.1 Å². The molecule has 0 amide bonds. The summed E-state index contributed by atoms with van der Waals surface area (Å²) < 4.78 is 7.92. The molecule has 0 radical (unpaired) electrons. The zero-order chi connectivity index (χ0) is 21.5. The third-order valence-corrected chi connectivity index (χ3v) is 6.77. The molecule has 7 heteroatoms. The monoisotopic (exact) mass is 450 g/mol. The number of ether oxygens (including phenoxy) is 1. The maximum Gasteiger partial charge on any atom is 0.191 e. The lowest BCUT2D eigenvalue weighted by atomic mass is 10.2. The molecule has 0 aliphatic heterocycles. The average Bonchev–Trinajstić information content (AvgIpc) is 3.46. The van der Waals surface area contributed by atoms with Crippen LogP contribution in [0.1, 0.15) is 32.4 Å². The van der Waals surface area contributed by atoms with Crippen molar-refractivity contribution < 1.29 is 4.74 Å². The minimum atomic E-state index is 0.754. The van der Waals surface area contributed by atoms with Crippen LogP contribution in [0.5, 0.6) is 5.75 Å². The highest BCUT2D eigenvalue weighted by Gasteiger charge is 2.14. The topological polar surface area (TPSA) is 52.8 Å². The molecule has 0 bridgehead atoms. The summed E-state index contributed by atoms with van der Waals surface area (Å²) in [5.41, 5.74) is 3.27. The number of benzene rings is 2. The molecule has 4 aromatic rings. The van der Waals surface area contributed by atoms with E-state index in [4.69, 9.17) is 9.72 Å². The van der Waals surface area contributed by atoms with Crippen LogP contribution < -0.4 is 4.74 Å². The molecule has 2 heterocycles. The van der Waals surface area contributed by atoms with Crippen molar-refractivity contribution in [2.24, 2.45) is 0 Å². The number of rotatable bonds is 10. The molecule has 31 heavy (non-hydrogen) atoms. The normalized spacial score (nSPS) is 11.0. The van der Waals surface area contributed by atoms with Crippen LogP contribution in [-0.2, 0) is 12.3 Å². The fourth-order valence-electron chi connectivity index (χ4n) is 3.15. The Hall–Kier alpha value is -2.64. The van der Waals surface area contributed by atoms with Gasteiger partial charge in [0.25, 0.3) is 0 Å². The van der Waals surface area contributed by atoms with E-state index in [0.717, 1.165) is 70.3 Å². The summed E-state index contributed by atoms with van der Waals surface area (Å²) in [6, 6.07) is 18.4. The van der Waals surface area contributed by atoms with E-state index >= 15 is 0 Å². The van der Waals surface area contributed by atoms with Crippen LogP contribution in [0.25, 0.3) is 22.0 Å². The summed E-state index contributed by atoms with van der Waals surface area (Å²) in [5, 5.41) is 13.0. The van der Waals surface area contributed by atoms with Crippen molar-refractivity contribution in [3.63, 3.8) is 0 Å². The standard InChI is InChI=1S/C24H26N4OS2/c1-3-5-15-29-21-13-11-18(12-14-21)22-26-27-24(28(22)4-2)31-17-20-16-30-23(25-20)19-9-7-6-8-10-19/h6-14,16H,3-5,15,17H2,1-2H3. The fourth-order valence-corrected chi connectivity index (χ4v) is 4.98. The number of aromatic nitrogens is 4. The van der Waals surface area contributed by atoms with Crippen molar-refractivity contribution >= 4 is 23.1 Å². The van der Waals surface area contributed by atoms with Crippen molar-refractivity contribution in [2.45, 2.75) is 44.1 Å². The van der Waals surface area contributed by atoms with Crippen LogP contribution >= 0.6 is 23.1 Å². The third-order valence-electron chi connectivity index (χ3n) is 4.83. The van der Waals surface area contributed by atoms with Crippen LogP contribution in [0.4, 0.5) is 0 Å². The number of nitrogens with zero attached hydrogens (tertiary/aromatic N) is 4. The van der Waals surface area contributed by atoms with E-state index in [1.54, 1.807) is 23.1 Å². The summed E-state index contributed by atoms with van der Waals surface area (Å²) in [6.07, 6.45) is 2.20. The molecule has 0 saturated carbocycles. The van der Waals surface area contributed by atoms with Gasteiger partial charge in [0, 0.05) is 28.8 Å². The van der Waals surface area contributed by atoms with Crippen molar-refractivity contribution in [3.8, 4) is 27.7 Å². The molecule has 2 aromatic carbocycles. The Morgan fingerprint density at radius 3 is 2.52 bits per heavy atom. The highest BCUT2D eigenvalue weighted by Crippen LogP contribution is 2.29. The van der Waals surface area contributed by atoms with Gasteiger partial charge in [0.15, 0.2) is 11.0 Å². The van der Waals surface area contributed by atoms with Gasteiger partial charge in [0.05, 0.1) is 12.3 Å². The maximum atomic E-state index is 5.77. The number of hydrogen-bond donors (Lipinski definition) is 0. The van der Waals surface area contributed by atoms with Crippen molar-refractivity contribution in [1.29, 1.82) is 0 Å². The summed E-state index contributed by atoms with van der Waals surface area (Å²) >= 11 is 3.35. The van der Waals surface area contributed by atoms with E-state index in [0.29, 0.717) is 0 Å². The minimum Gasteiger partial charge on any atom is -0.494 e. The van der Waals surface area contributed by atoms with Gasteiger partial charge in [-0.25, -0.2) is 4.98 Å². The molecule has 0 spiro atoms. The average molecular weight is 451 g/mol. The van der Waals surface area contributed by atoms with Gasteiger partial charge in [-0.2, -0.15) is 0 Å². The largest absolute Gasteiger partial charge is 0.494 e. The van der Waals surface area contributed by atoms with Crippen molar-refractivity contribution in [3.05, 3.63) is 65.7 Å². The molecule has 0 saturated heterocycles. The first-order chi connectivity index (χ1) is 15.3. The first kappa shape index (κ1) is 21.6. The molecule has 5 nitrogen and oxygen atoms in total. The van der Waals surface area contributed by atoms with Gasteiger partial charge in [-0.05, 0) is 37.6 Å². The molecule has 0 atom stereocenters. The quantitative estimate of drug-likeness (QED) is 0.202. The first-order valence-electron chi connectivity index (χ1n) is 10.6. The van der Waals surface area contributed by atoms with Gasteiger partial charge in [0.2, 0.25) is 0 Å². The highest BCUT2D eigenvalue weighted by atomic mass is 32.2. The SMILES string of the molecule is CCCCOc1ccc(-c2nnc(SCc3csc(-c4ccccc4)n3)n2CC)cc1. The highest BCUT2D eigenvalue weighted by molar-refractivity contribution is 7.98. The second-order valence-electron chi connectivity index (χ2n) is 7.08. The van der Waals surface area contributed by atoms with E-state index in [1.165, 1.54) is 0 Å².